The quantitative estimate of drug-likeness (QED) is 0.429. The van der Waals surface area contributed by atoms with Crippen molar-refractivity contribution in [2.24, 2.45) is 5.41 Å². The van der Waals surface area contributed by atoms with Crippen molar-refractivity contribution in [1.29, 1.82) is 0 Å². The van der Waals surface area contributed by atoms with Crippen molar-refractivity contribution in [2.45, 2.75) is 53.9 Å². The molecule has 162 valence electrons. The Balaban J connectivity index is 1.82. The first-order chi connectivity index (χ1) is 14.2. The van der Waals surface area contributed by atoms with Gasteiger partial charge in [0.1, 0.15) is 5.75 Å². The number of benzene rings is 2. The van der Waals surface area contributed by atoms with Crippen LogP contribution in [-0.2, 0) is 20.7 Å². The number of amides is 1. The van der Waals surface area contributed by atoms with Gasteiger partial charge in [-0.2, -0.15) is 0 Å². The number of carbonyl (C=O) groups excluding carboxylic acids is 2. The Morgan fingerprint density at radius 2 is 1.73 bits per heavy atom. The summed E-state index contributed by atoms with van der Waals surface area (Å²) < 4.78 is 10.9. The molecule has 0 saturated heterocycles. The number of carbonyl (C=O) groups is 2. The Kier molecular flexibility index (Phi) is 8.46. The third-order valence-corrected chi connectivity index (χ3v) is 5.03. The summed E-state index contributed by atoms with van der Waals surface area (Å²) in [4.78, 5) is 24.3. The smallest absolute Gasteiger partial charge is 0.310 e. The fourth-order valence-corrected chi connectivity index (χ4v) is 3.06. The summed E-state index contributed by atoms with van der Waals surface area (Å²) in [6.07, 6.45) is 1.73. The van der Waals surface area contributed by atoms with Crippen molar-refractivity contribution in [3.05, 3.63) is 59.2 Å². The van der Waals surface area contributed by atoms with Gasteiger partial charge in [0.05, 0.1) is 19.6 Å². The SMILES string of the molecule is CCOC(=O)Cc1ccc(NC(=O)C(C)(C)CCCOc2cc(C)ccc2C)cc1. The standard InChI is InChI=1S/C25H33NO4/c1-6-29-23(27)17-20-10-12-21(13-11-20)26-24(28)25(4,5)14-7-15-30-22-16-18(2)8-9-19(22)3/h8-13,16H,6-7,14-15,17H2,1-5H3,(H,26,28). The summed E-state index contributed by atoms with van der Waals surface area (Å²) in [5.74, 6) is 0.617. The number of hydrogen-bond acceptors (Lipinski definition) is 4. The van der Waals surface area contributed by atoms with Crippen LogP contribution in [0.4, 0.5) is 5.69 Å². The number of ether oxygens (including phenoxy) is 2. The lowest BCUT2D eigenvalue weighted by atomic mass is 9.87. The highest BCUT2D eigenvalue weighted by atomic mass is 16.5. The van der Waals surface area contributed by atoms with Crippen LogP contribution in [0.3, 0.4) is 0 Å². The molecule has 30 heavy (non-hydrogen) atoms. The van der Waals surface area contributed by atoms with Gasteiger partial charge in [-0.25, -0.2) is 0 Å². The summed E-state index contributed by atoms with van der Waals surface area (Å²) in [6, 6.07) is 13.4. The van der Waals surface area contributed by atoms with Gasteiger partial charge < -0.3 is 14.8 Å². The average molecular weight is 412 g/mol. The lowest BCUT2D eigenvalue weighted by Crippen LogP contribution is -2.31. The highest BCUT2D eigenvalue weighted by Gasteiger charge is 2.27. The van der Waals surface area contributed by atoms with Crippen molar-refractivity contribution in [3.63, 3.8) is 0 Å². The van der Waals surface area contributed by atoms with Gasteiger partial charge in [-0.15, -0.1) is 0 Å². The molecule has 0 spiro atoms. The van der Waals surface area contributed by atoms with Crippen molar-refractivity contribution in [2.75, 3.05) is 18.5 Å². The van der Waals surface area contributed by atoms with Gasteiger partial charge in [0.15, 0.2) is 0 Å². The molecule has 1 N–H and O–H groups in total. The number of rotatable bonds is 10. The zero-order valence-electron chi connectivity index (χ0n) is 18.7. The predicted octanol–water partition coefficient (Wildman–Crippen LogP) is 5.23. The maximum atomic E-state index is 12.7. The molecule has 0 saturated carbocycles. The first-order valence-electron chi connectivity index (χ1n) is 10.5. The van der Waals surface area contributed by atoms with Crippen LogP contribution < -0.4 is 10.1 Å². The molecule has 5 nitrogen and oxygen atoms in total. The molecule has 0 bridgehead atoms. The molecular weight excluding hydrogens is 378 g/mol. The van der Waals surface area contributed by atoms with Crippen LogP contribution in [-0.4, -0.2) is 25.1 Å². The summed E-state index contributed by atoms with van der Waals surface area (Å²) in [7, 11) is 0. The van der Waals surface area contributed by atoms with Crippen LogP contribution >= 0.6 is 0 Å². The highest BCUT2D eigenvalue weighted by molar-refractivity contribution is 5.94. The van der Waals surface area contributed by atoms with E-state index < -0.39 is 5.41 Å². The molecule has 0 heterocycles. The zero-order valence-corrected chi connectivity index (χ0v) is 18.7. The first-order valence-corrected chi connectivity index (χ1v) is 10.5. The Hall–Kier alpha value is -2.82. The van der Waals surface area contributed by atoms with Crippen LogP contribution in [0, 0.1) is 19.3 Å². The van der Waals surface area contributed by atoms with E-state index >= 15 is 0 Å². The second kappa shape index (κ2) is 10.8. The maximum Gasteiger partial charge on any atom is 0.310 e. The van der Waals surface area contributed by atoms with Gasteiger partial charge >= 0.3 is 5.97 Å². The van der Waals surface area contributed by atoms with E-state index in [0.29, 0.717) is 25.3 Å². The van der Waals surface area contributed by atoms with E-state index in [-0.39, 0.29) is 18.3 Å². The lowest BCUT2D eigenvalue weighted by Gasteiger charge is -2.24. The van der Waals surface area contributed by atoms with E-state index in [9.17, 15) is 9.59 Å². The normalized spacial score (nSPS) is 11.1. The van der Waals surface area contributed by atoms with E-state index in [0.717, 1.165) is 23.3 Å². The molecule has 0 aliphatic rings. The second-order valence-corrected chi connectivity index (χ2v) is 8.24. The zero-order chi connectivity index (χ0) is 22.1. The van der Waals surface area contributed by atoms with E-state index in [2.05, 4.69) is 17.4 Å². The van der Waals surface area contributed by atoms with Crippen LogP contribution in [0.25, 0.3) is 0 Å². The molecule has 0 aliphatic heterocycles. The third-order valence-electron chi connectivity index (χ3n) is 5.03. The van der Waals surface area contributed by atoms with Crippen LogP contribution in [0.15, 0.2) is 42.5 Å². The summed E-state index contributed by atoms with van der Waals surface area (Å²) >= 11 is 0. The molecule has 0 atom stereocenters. The Morgan fingerprint density at radius 1 is 1.03 bits per heavy atom. The number of nitrogens with one attached hydrogen (secondary N) is 1. The number of hydrogen-bond donors (Lipinski definition) is 1. The summed E-state index contributed by atoms with van der Waals surface area (Å²) in [5.41, 5.74) is 3.34. The molecule has 1 amide bonds. The predicted molar refractivity (Wildman–Crippen MR) is 120 cm³/mol. The third kappa shape index (κ3) is 7.21. The Labute approximate surface area is 179 Å². The minimum absolute atomic E-state index is 0.0348. The van der Waals surface area contributed by atoms with Gasteiger partial charge in [-0.05, 0) is 68.5 Å². The molecule has 2 rings (SSSR count). The maximum absolute atomic E-state index is 12.7. The largest absolute Gasteiger partial charge is 0.493 e. The van der Waals surface area contributed by atoms with Crippen molar-refractivity contribution in [3.8, 4) is 5.75 Å². The van der Waals surface area contributed by atoms with Gasteiger partial charge in [0.25, 0.3) is 0 Å². The summed E-state index contributed by atoms with van der Waals surface area (Å²) in [6.45, 7) is 10.7. The Morgan fingerprint density at radius 3 is 2.40 bits per heavy atom. The van der Waals surface area contributed by atoms with Crippen LogP contribution in [0.1, 0.15) is 50.3 Å². The monoisotopic (exact) mass is 411 g/mol. The number of anilines is 1. The van der Waals surface area contributed by atoms with Crippen LogP contribution in [0.5, 0.6) is 5.75 Å². The molecule has 0 radical (unpaired) electrons. The van der Waals surface area contributed by atoms with Gasteiger partial charge in [-0.3, -0.25) is 9.59 Å². The minimum atomic E-state index is -0.519. The minimum Gasteiger partial charge on any atom is -0.493 e. The van der Waals surface area contributed by atoms with E-state index in [1.165, 1.54) is 5.56 Å². The average Bonchev–Trinajstić information content (AvgIpc) is 2.69. The summed E-state index contributed by atoms with van der Waals surface area (Å²) in [5, 5.41) is 2.97. The van der Waals surface area contributed by atoms with E-state index in [4.69, 9.17) is 9.47 Å². The highest BCUT2D eigenvalue weighted by Crippen LogP contribution is 2.26. The Bertz CT molecular complexity index is 856. The molecule has 0 unspecified atom stereocenters. The fraction of sp³-hybridized carbons (Fsp3) is 0.440. The number of esters is 1. The molecule has 0 fully saturated rings. The van der Waals surface area contributed by atoms with E-state index in [1.54, 1.807) is 6.92 Å². The number of aryl methyl sites for hydroxylation is 2. The van der Waals surface area contributed by atoms with Gasteiger partial charge in [0.2, 0.25) is 5.91 Å². The van der Waals surface area contributed by atoms with Crippen molar-refractivity contribution < 1.29 is 19.1 Å². The van der Waals surface area contributed by atoms with E-state index in [1.807, 2.05) is 58.0 Å². The fourth-order valence-electron chi connectivity index (χ4n) is 3.06. The molecule has 0 aliphatic carbocycles. The molecular formula is C25H33NO4. The molecule has 0 aromatic heterocycles. The second-order valence-electron chi connectivity index (χ2n) is 8.24. The van der Waals surface area contributed by atoms with Crippen LogP contribution in [0.2, 0.25) is 0 Å². The topological polar surface area (TPSA) is 64.6 Å². The van der Waals surface area contributed by atoms with Crippen molar-refractivity contribution in [1.82, 2.24) is 0 Å². The first kappa shape index (κ1) is 23.5. The molecule has 5 heteroatoms. The molecule has 2 aromatic rings. The molecule has 2 aromatic carbocycles. The lowest BCUT2D eigenvalue weighted by molar-refractivity contribution is -0.142. The van der Waals surface area contributed by atoms with Crippen molar-refractivity contribution >= 4 is 17.6 Å². The van der Waals surface area contributed by atoms with Gasteiger partial charge in [-0.1, -0.05) is 38.1 Å². The van der Waals surface area contributed by atoms with Gasteiger partial charge in [0, 0.05) is 11.1 Å².